The Morgan fingerprint density at radius 2 is 1.73 bits per heavy atom. The average molecular weight is 344 g/mol. The number of rotatable bonds is 4. The molecule has 0 saturated heterocycles. The smallest absolute Gasteiger partial charge is 0.255 e. The fourth-order valence-electron chi connectivity index (χ4n) is 3.32. The molecule has 1 aliphatic rings. The molecule has 3 aromatic rings. The second kappa shape index (κ2) is 7.35. The van der Waals surface area contributed by atoms with Crippen molar-refractivity contribution in [2.24, 2.45) is 0 Å². The summed E-state index contributed by atoms with van der Waals surface area (Å²) in [7, 11) is 0. The van der Waals surface area contributed by atoms with Crippen LogP contribution >= 0.6 is 0 Å². The standard InChI is InChI=1S/C21H20N4O/c26-20(25-19-11-4-7-15-6-1-2-10-18(15)19)16-8-3-9-17(14-16)24-21-22-12-5-13-23-21/h3-5,7-9,11-14H,1-2,6,10H2,(H,25,26)(H,22,23,24). The van der Waals surface area contributed by atoms with E-state index in [1.807, 2.05) is 30.3 Å². The lowest BCUT2D eigenvalue weighted by Gasteiger charge is -2.19. The first-order chi connectivity index (χ1) is 12.8. The van der Waals surface area contributed by atoms with Crippen molar-refractivity contribution in [3.05, 3.63) is 77.6 Å². The van der Waals surface area contributed by atoms with E-state index in [1.165, 1.54) is 24.0 Å². The third-order valence-corrected chi connectivity index (χ3v) is 4.59. The highest BCUT2D eigenvalue weighted by Crippen LogP contribution is 2.28. The van der Waals surface area contributed by atoms with Crippen LogP contribution in [0.25, 0.3) is 0 Å². The lowest BCUT2D eigenvalue weighted by molar-refractivity contribution is 0.102. The number of hydrogen-bond donors (Lipinski definition) is 2. The Labute approximate surface area is 152 Å². The van der Waals surface area contributed by atoms with Crippen LogP contribution in [0.3, 0.4) is 0 Å². The number of aromatic nitrogens is 2. The number of nitrogens with one attached hydrogen (secondary N) is 2. The number of hydrogen-bond acceptors (Lipinski definition) is 4. The molecule has 0 atom stereocenters. The van der Waals surface area contributed by atoms with Crippen LogP contribution in [-0.2, 0) is 12.8 Å². The van der Waals surface area contributed by atoms with Crippen LogP contribution in [-0.4, -0.2) is 15.9 Å². The maximum Gasteiger partial charge on any atom is 0.255 e. The first-order valence-corrected chi connectivity index (χ1v) is 8.86. The van der Waals surface area contributed by atoms with Gasteiger partial charge in [-0.2, -0.15) is 0 Å². The van der Waals surface area contributed by atoms with Gasteiger partial charge in [0.1, 0.15) is 0 Å². The summed E-state index contributed by atoms with van der Waals surface area (Å²) in [5, 5.41) is 6.19. The Morgan fingerprint density at radius 1 is 0.923 bits per heavy atom. The minimum Gasteiger partial charge on any atom is -0.324 e. The van der Waals surface area contributed by atoms with Crippen molar-refractivity contribution >= 4 is 23.2 Å². The Bertz CT molecular complexity index is 924. The van der Waals surface area contributed by atoms with E-state index in [4.69, 9.17) is 0 Å². The quantitative estimate of drug-likeness (QED) is 0.738. The minimum atomic E-state index is -0.110. The lowest BCUT2D eigenvalue weighted by Crippen LogP contribution is -2.15. The molecule has 0 saturated carbocycles. The molecule has 1 aliphatic carbocycles. The van der Waals surface area contributed by atoms with Crippen LogP contribution < -0.4 is 10.6 Å². The summed E-state index contributed by atoms with van der Waals surface area (Å²) in [6.07, 6.45) is 7.86. The fourth-order valence-corrected chi connectivity index (χ4v) is 3.32. The molecular weight excluding hydrogens is 324 g/mol. The number of carbonyl (C=O) groups excluding carboxylic acids is 1. The summed E-state index contributed by atoms with van der Waals surface area (Å²) in [5.41, 5.74) is 4.93. The predicted octanol–water partition coefficient (Wildman–Crippen LogP) is 4.35. The number of benzene rings is 2. The Balaban J connectivity index is 1.53. The number of carbonyl (C=O) groups is 1. The summed E-state index contributed by atoms with van der Waals surface area (Å²) >= 11 is 0. The highest BCUT2D eigenvalue weighted by atomic mass is 16.1. The normalized spacial score (nSPS) is 12.9. The van der Waals surface area contributed by atoms with Crippen molar-refractivity contribution in [2.75, 3.05) is 10.6 Å². The molecule has 0 fully saturated rings. The monoisotopic (exact) mass is 344 g/mol. The van der Waals surface area contributed by atoms with Crippen LogP contribution in [0.1, 0.15) is 34.3 Å². The first-order valence-electron chi connectivity index (χ1n) is 8.86. The van der Waals surface area contributed by atoms with E-state index in [2.05, 4.69) is 26.7 Å². The zero-order valence-corrected chi connectivity index (χ0v) is 14.4. The molecule has 0 bridgehead atoms. The van der Waals surface area contributed by atoms with Crippen molar-refractivity contribution in [3.63, 3.8) is 0 Å². The number of amides is 1. The van der Waals surface area contributed by atoms with Crippen LogP contribution in [0.4, 0.5) is 17.3 Å². The van der Waals surface area contributed by atoms with Gasteiger partial charge in [0, 0.05) is 29.3 Å². The van der Waals surface area contributed by atoms with Crippen LogP contribution in [0.2, 0.25) is 0 Å². The zero-order valence-electron chi connectivity index (χ0n) is 14.4. The molecule has 1 aromatic heterocycles. The second-order valence-corrected chi connectivity index (χ2v) is 6.38. The minimum absolute atomic E-state index is 0.110. The van der Waals surface area contributed by atoms with Gasteiger partial charge < -0.3 is 10.6 Å². The summed E-state index contributed by atoms with van der Waals surface area (Å²) in [5.74, 6) is 0.392. The summed E-state index contributed by atoms with van der Waals surface area (Å²) in [4.78, 5) is 21.0. The van der Waals surface area contributed by atoms with Gasteiger partial charge in [-0.05, 0) is 67.1 Å². The molecule has 130 valence electrons. The Morgan fingerprint density at radius 3 is 2.62 bits per heavy atom. The molecule has 5 heteroatoms. The van der Waals surface area contributed by atoms with Crippen LogP contribution in [0, 0.1) is 0 Å². The highest BCUT2D eigenvalue weighted by Gasteiger charge is 2.15. The first kappa shape index (κ1) is 16.3. The van der Waals surface area contributed by atoms with Gasteiger partial charge in [-0.1, -0.05) is 18.2 Å². The third-order valence-electron chi connectivity index (χ3n) is 4.59. The summed E-state index contributed by atoms with van der Waals surface area (Å²) in [6.45, 7) is 0. The molecule has 0 unspecified atom stereocenters. The molecule has 0 aliphatic heterocycles. The summed E-state index contributed by atoms with van der Waals surface area (Å²) in [6, 6.07) is 15.3. The van der Waals surface area contributed by atoms with Crippen LogP contribution in [0.15, 0.2) is 60.9 Å². The lowest BCUT2D eigenvalue weighted by atomic mass is 9.90. The van der Waals surface area contributed by atoms with Gasteiger partial charge in [0.2, 0.25) is 5.95 Å². The molecule has 2 aromatic carbocycles. The van der Waals surface area contributed by atoms with Gasteiger partial charge in [-0.15, -0.1) is 0 Å². The highest BCUT2D eigenvalue weighted by molar-refractivity contribution is 6.05. The van der Waals surface area contributed by atoms with Gasteiger partial charge in [0.15, 0.2) is 0 Å². The maximum atomic E-state index is 12.7. The molecule has 1 amide bonds. The molecule has 1 heterocycles. The average Bonchev–Trinajstić information content (AvgIpc) is 2.69. The molecule has 2 N–H and O–H groups in total. The van der Waals surface area contributed by atoms with Gasteiger partial charge in [0.25, 0.3) is 5.91 Å². The SMILES string of the molecule is O=C(Nc1cccc2c1CCCC2)c1cccc(Nc2ncccn2)c1. The molecule has 4 rings (SSSR count). The van der Waals surface area contributed by atoms with E-state index in [0.29, 0.717) is 11.5 Å². The van der Waals surface area contributed by atoms with Gasteiger partial charge in [-0.25, -0.2) is 9.97 Å². The van der Waals surface area contributed by atoms with E-state index in [1.54, 1.807) is 24.5 Å². The molecule has 0 spiro atoms. The number of aryl methyl sites for hydroxylation is 1. The van der Waals surface area contributed by atoms with E-state index in [9.17, 15) is 4.79 Å². The van der Waals surface area contributed by atoms with Crippen molar-refractivity contribution in [1.82, 2.24) is 9.97 Å². The number of fused-ring (bicyclic) bond motifs is 1. The Kier molecular flexibility index (Phi) is 4.60. The second-order valence-electron chi connectivity index (χ2n) is 6.38. The van der Waals surface area contributed by atoms with Gasteiger partial charge in [-0.3, -0.25) is 4.79 Å². The van der Waals surface area contributed by atoms with E-state index >= 15 is 0 Å². The van der Waals surface area contributed by atoms with E-state index in [-0.39, 0.29) is 5.91 Å². The predicted molar refractivity (Wildman–Crippen MR) is 103 cm³/mol. The molecular formula is C21H20N4O. The number of anilines is 3. The largest absolute Gasteiger partial charge is 0.324 e. The third kappa shape index (κ3) is 3.57. The number of nitrogens with zero attached hydrogens (tertiary/aromatic N) is 2. The van der Waals surface area contributed by atoms with E-state index in [0.717, 1.165) is 24.2 Å². The molecule has 0 radical (unpaired) electrons. The van der Waals surface area contributed by atoms with Crippen molar-refractivity contribution < 1.29 is 4.79 Å². The van der Waals surface area contributed by atoms with Crippen molar-refractivity contribution in [3.8, 4) is 0 Å². The van der Waals surface area contributed by atoms with Crippen LogP contribution in [0.5, 0.6) is 0 Å². The fraction of sp³-hybridized carbons (Fsp3) is 0.190. The van der Waals surface area contributed by atoms with Crippen molar-refractivity contribution in [2.45, 2.75) is 25.7 Å². The van der Waals surface area contributed by atoms with Gasteiger partial charge in [0.05, 0.1) is 0 Å². The molecule has 26 heavy (non-hydrogen) atoms. The Hall–Kier alpha value is -3.21. The van der Waals surface area contributed by atoms with Gasteiger partial charge >= 0.3 is 0 Å². The molecule has 5 nitrogen and oxygen atoms in total. The topological polar surface area (TPSA) is 66.9 Å². The summed E-state index contributed by atoms with van der Waals surface area (Å²) < 4.78 is 0. The maximum absolute atomic E-state index is 12.7. The van der Waals surface area contributed by atoms with Crippen molar-refractivity contribution in [1.29, 1.82) is 0 Å². The zero-order chi connectivity index (χ0) is 17.8. The van der Waals surface area contributed by atoms with E-state index < -0.39 is 0 Å².